The van der Waals surface area contributed by atoms with E-state index in [0.29, 0.717) is 0 Å². The SMILES string of the molecule is CCN(Cc1ncnn1CC)C1(CN)CCCC1. The Morgan fingerprint density at radius 1 is 1.39 bits per heavy atom. The molecular formula is C13H25N5. The van der Waals surface area contributed by atoms with Crippen LogP contribution >= 0.6 is 0 Å². The van der Waals surface area contributed by atoms with Crippen molar-refractivity contribution in [3.8, 4) is 0 Å². The quantitative estimate of drug-likeness (QED) is 0.830. The second-order valence-corrected chi connectivity index (χ2v) is 5.14. The van der Waals surface area contributed by atoms with E-state index in [-0.39, 0.29) is 5.54 Å². The van der Waals surface area contributed by atoms with Crippen molar-refractivity contribution in [3.05, 3.63) is 12.2 Å². The van der Waals surface area contributed by atoms with Crippen LogP contribution in [-0.4, -0.2) is 38.3 Å². The van der Waals surface area contributed by atoms with Gasteiger partial charge in [-0.2, -0.15) is 5.10 Å². The van der Waals surface area contributed by atoms with E-state index in [0.717, 1.165) is 32.0 Å². The third-order valence-corrected chi connectivity index (χ3v) is 4.29. The smallest absolute Gasteiger partial charge is 0.141 e. The molecule has 1 aliphatic carbocycles. The standard InChI is InChI=1S/C13H25N5/c1-3-17(13(10-14)7-5-6-8-13)9-12-15-11-16-18(12)4-2/h11H,3-10,14H2,1-2H3. The predicted octanol–water partition coefficient (Wildman–Crippen LogP) is 1.39. The average Bonchev–Trinajstić information content (AvgIpc) is 3.05. The maximum Gasteiger partial charge on any atom is 0.141 e. The number of hydrogen-bond donors (Lipinski definition) is 1. The van der Waals surface area contributed by atoms with E-state index in [1.807, 2.05) is 4.68 Å². The third-order valence-electron chi connectivity index (χ3n) is 4.29. The summed E-state index contributed by atoms with van der Waals surface area (Å²) < 4.78 is 1.97. The molecule has 0 unspecified atom stereocenters. The molecule has 5 nitrogen and oxygen atoms in total. The second-order valence-electron chi connectivity index (χ2n) is 5.14. The first-order chi connectivity index (χ1) is 8.75. The first-order valence-corrected chi connectivity index (χ1v) is 7.07. The van der Waals surface area contributed by atoms with Gasteiger partial charge in [0, 0.05) is 18.6 Å². The molecule has 0 aromatic carbocycles. The van der Waals surface area contributed by atoms with Crippen molar-refractivity contribution in [2.75, 3.05) is 13.1 Å². The third kappa shape index (κ3) is 2.42. The van der Waals surface area contributed by atoms with Gasteiger partial charge >= 0.3 is 0 Å². The average molecular weight is 251 g/mol. The van der Waals surface area contributed by atoms with Gasteiger partial charge < -0.3 is 5.73 Å². The van der Waals surface area contributed by atoms with Gasteiger partial charge in [0.15, 0.2) is 0 Å². The van der Waals surface area contributed by atoms with Crippen molar-refractivity contribution in [3.63, 3.8) is 0 Å². The predicted molar refractivity (Wildman–Crippen MR) is 72.0 cm³/mol. The first kappa shape index (κ1) is 13.5. The number of hydrogen-bond acceptors (Lipinski definition) is 4. The van der Waals surface area contributed by atoms with Crippen molar-refractivity contribution in [1.29, 1.82) is 0 Å². The molecule has 0 aliphatic heterocycles. The summed E-state index contributed by atoms with van der Waals surface area (Å²) in [5.74, 6) is 1.05. The molecule has 1 saturated carbocycles. The monoisotopic (exact) mass is 251 g/mol. The molecule has 102 valence electrons. The van der Waals surface area contributed by atoms with Crippen LogP contribution in [0.3, 0.4) is 0 Å². The van der Waals surface area contributed by atoms with Gasteiger partial charge in [0.05, 0.1) is 6.54 Å². The summed E-state index contributed by atoms with van der Waals surface area (Å²) in [4.78, 5) is 6.88. The molecule has 0 saturated heterocycles. The van der Waals surface area contributed by atoms with Crippen LogP contribution in [0.5, 0.6) is 0 Å². The first-order valence-electron chi connectivity index (χ1n) is 7.07. The Labute approximate surface area is 109 Å². The fourth-order valence-corrected chi connectivity index (χ4v) is 3.14. The fourth-order valence-electron chi connectivity index (χ4n) is 3.14. The molecule has 5 heteroatoms. The van der Waals surface area contributed by atoms with Crippen molar-refractivity contribution in [2.24, 2.45) is 5.73 Å². The summed E-state index contributed by atoms with van der Waals surface area (Å²) in [5.41, 5.74) is 6.25. The highest BCUT2D eigenvalue weighted by atomic mass is 15.4. The van der Waals surface area contributed by atoms with E-state index in [1.165, 1.54) is 25.7 Å². The largest absolute Gasteiger partial charge is 0.329 e. The number of nitrogens with two attached hydrogens (primary N) is 1. The minimum absolute atomic E-state index is 0.194. The van der Waals surface area contributed by atoms with Crippen LogP contribution in [0.15, 0.2) is 6.33 Å². The van der Waals surface area contributed by atoms with E-state index in [4.69, 9.17) is 5.73 Å². The van der Waals surface area contributed by atoms with E-state index in [1.54, 1.807) is 6.33 Å². The van der Waals surface area contributed by atoms with Crippen LogP contribution in [0.2, 0.25) is 0 Å². The highest BCUT2D eigenvalue weighted by Crippen LogP contribution is 2.35. The molecule has 1 fully saturated rings. The number of aromatic nitrogens is 3. The molecule has 0 bridgehead atoms. The molecule has 0 spiro atoms. The maximum absolute atomic E-state index is 6.06. The molecular weight excluding hydrogens is 226 g/mol. The number of rotatable bonds is 6. The van der Waals surface area contributed by atoms with Crippen molar-refractivity contribution >= 4 is 0 Å². The molecule has 1 aromatic heterocycles. The lowest BCUT2D eigenvalue weighted by molar-refractivity contribution is 0.0923. The van der Waals surface area contributed by atoms with Gasteiger partial charge in [0.2, 0.25) is 0 Å². The highest BCUT2D eigenvalue weighted by molar-refractivity contribution is 4.98. The topological polar surface area (TPSA) is 60.0 Å². The summed E-state index contributed by atoms with van der Waals surface area (Å²) in [6.45, 7) is 7.82. The minimum Gasteiger partial charge on any atom is -0.329 e. The van der Waals surface area contributed by atoms with Crippen LogP contribution in [-0.2, 0) is 13.1 Å². The van der Waals surface area contributed by atoms with Crippen molar-refractivity contribution in [1.82, 2.24) is 19.7 Å². The molecule has 0 atom stereocenters. The Kier molecular flexibility index (Phi) is 4.35. The fraction of sp³-hybridized carbons (Fsp3) is 0.846. The molecule has 2 rings (SSSR count). The lowest BCUT2D eigenvalue weighted by Gasteiger charge is -2.39. The summed E-state index contributed by atoms with van der Waals surface area (Å²) in [6.07, 6.45) is 6.69. The Morgan fingerprint density at radius 2 is 2.11 bits per heavy atom. The zero-order chi connectivity index (χ0) is 13.0. The summed E-state index contributed by atoms with van der Waals surface area (Å²) in [7, 11) is 0. The van der Waals surface area contributed by atoms with E-state index >= 15 is 0 Å². The Balaban J connectivity index is 2.13. The van der Waals surface area contributed by atoms with Crippen LogP contribution in [0.1, 0.15) is 45.4 Å². The molecule has 2 N–H and O–H groups in total. The Bertz CT molecular complexity index is 367. The Hall–Kier alpha value is -0.940. The second kappa shape index (κ2) is 5.80. The van der Waals surface area contributed by atoms with Gasteiger partial charge in [-0.05, 0) is 26.3 Å². The summed E-state index contributed by atoms with van der Waals surface area (Å²) in [5, 5.41) is 4.24. The number of aryl methyl sites for hydroxylation is 1. The molecule has 1 aromatic rings. The maximum atomic E-state index is 6.06. The summed E-state index contributed by atoms with van der Waals surface area (Å²) in [6, 6.07) is 0. The molecule has 0 amide bonds. The molecule has 1 heterocycles. The summed E-state index contributed by atoms with van der Waals surface area (Å²) >= 11 is 0. The van der Waals surface area contributed by atoms with Crippen LogP contribution < -0.4 is 5.73 Å². The minimum atomic E-state index is 0.194. The van der Waals surface area contributed by atoms with Crippen molar-refractivity contribution < 1.29 is 0 Å². The van der Waals surface area contributed by atoms with Gasteiger partial charge in [0.1, 0.15) is 12.2 Å². The van der Waals surface area contributed by atoms with E-state index < -0.39 is 0 Å². The number of likely N-dealkylation sites (N-methyl/N-ethyl adjacent to an activating group) is 1. The zero-order valence-electron chi connectivity index (χ0n) is 11.6. The highest BCUT2D eigenvalue weighted by Gasteiger charge is 2.37. The van der Waals surface area contributed by atoms with Crippen LogP contribution in [0.25, 0.3) is 0 Å². The van der Waals surface area contributed by atoms with Gasteiger partial charge in [0.25, 0.3) is 0 Å². The van der Waals surface area contributed by atoms with Gasteiger partial charge in [-0.3, -0.25) is 4.90 Å². The van der Waals surface area contributed by atoms with E-state index in [2.05, 4.69) is 28.8 Å². The zero-order valence-corrected chi connectivity index (χ0v) is 11.6. The van der Waals surface area contributed by atoms with Gasteiger partial charge in [-0.25, -0.2) is 9.67 Å². The van der Waals surface area contributed by atoms with Crippen molar-refractivity contribution in [2.45, 2.75) is 58.2 Å². The number of nitrogens with zero attached hydrogens (tertiary/aromatic N) is 4. The van der Waals surface area contributed by atoms with Crippen LogP contribution in [0.4, 0.5) is 0 Å². The Morgan fingerprint density at radius 3 is 2.67 bits per heavy atom. The molecule has 0 radical (unpaired) electrons. The van der Waals surface area contributed by atoms with Crippen LogP contribution in [0, 0.1) is 0 Å². The molecule has 18 heavy (non-hydrogen) atoms. The lowest BCUT2D eigenvalue weighted by Crippen LogP contribution is -2.51. The van der Waals surface area contributed by atoms with Gasteiger partial charge in [-0.1, -0.05) is 19.8 Å². The van der Waals surface area contributed by atoms with Gasteiger partial charge in [-0.15, -0.1) is 0 Å². The van der Waals surface area contributed by atoms with E-state index in [9.17, 15) is 0 Å². The lowest BCUT2D eigenvalue weighted by atomic mass is 9.95. The normalized spacial score (nSPS) is 18.7. The molecule has 1 aliphatic rings.